The molecule has 264 valence electrons. The molecule has 0 aliphatic heterocycles. The number of amides is 1. The first-order valence-electron chi connectivity index (χ1n) is 14.9. The molecule has 15 heteroatoms. The molecule has 0 fully saturated rings. The van der Waals surface area contributed by atoms with Crippen LogP contribution in [0.15, 0.2) is 103 Å². The Bertz CT molecular complexity index is 2080. The molecule has 1 amide bonds. The first kappa shape index (κ1) is 36.5. The number of rotatable bonds is 13. The summed E-state index contributed by atoms with van der Waals surface area (Å²) < 4.78 is 120. The quantitative estimate of drug-likeness (QED) is 0.0461. The molecular formula is C36H26F6N2O6S. The Hall–Kier alpha value is -5.83. The van der Waals surface area contributed by atoms with Gasteiger partial charge in [-0.3, -0.25) is 9.10 Å². The number of hydrogen-bond donors (Lipinski definition) is 1. The van der Waals surface area contributed by atoms with Crippen molar-refractivity contribution < 1.29 is 53.8 Å². The number of nitrogens with zero attached hydrogens (tertiary/aromatic N) is 2. The van der Waals surface area contributed by atoms with Crippen molar-refractivity contribution in [2.75, 3.05) is 15.7 Å². The molecule has 0 atom stereocenters. The molecule has 0 aliphatic carbocycles. The Morgan fingerprint density at radius 3 is 1.75 bits per heavy atom. The molecule has 0 unspecified atom stereocenters. The van der Waals surface area contributed by atoms with E-state index < -0.39 is 76.4 Å². The van der Waals surface area contributed by atoms with Crippen LogP contribution in [0.3, 0.4) is 0 Å². The zero-order valence-corrected chi connectivity index (χ0v) is 27.1. The smallest absolute Gasteiger partial charge is 0.342 e. The fourth-order valence-corrected chi connectivity index (χ4v) is 5.43. The molecule has 0 radical (unpaired) electrons. The minimum atomic E-state index is -4.16. The fourth-order valence-electron chi connectivity index (χ4n) is 4.85. The van der Waals surface area contributed by atoms with Gasteiger partial charge in [0.2, 0.25) is 22.6 Å². The van der Waals surface area contributed by atoms with E-state index in [4.69, 9.17) is 9.47 Å². The van der Waals surface area contributed by atoms with E-state index in [1.165, 1.54) is 30.3 Å². The summed E-state index contributed by atoms with van der Waals surface area (Å²) in [5.41, 5.74) is -0.294. The van der Waals surface area contributed by atoms with Crippen molar-refractivity contribution in [3.8, 4) is 5.75 Å². The van der Waals surface area contributed by atoms with Crippen molar-refractivity contribution in [2.45, 2.75) is 19.8 Å². The molecule has 0 saturated carbocycles. The van der Waals surface area contributed by atoms with Crippen LogP contribution >= 0.6 is 0 Å². The highest BCUT2D eigenvalue weighted by atomic mass is 32.2. The van der Waals surface area contributed by atoms with Crippen LogP contribution in [-0.4, -0.2) is 26.8 Å². The van der Waals surface area contributed by atoms with Crippen LogP contribution in [0.4, 0.5) is 37.7 Å². The lowest BCUT2D eigenvalue weighted by Crippen LogP contribution is -2.40. The number of benzene rings is 5. The maximum Gasteiger partial charge on any atom is 0.342 e. The predicted molar refractivity (Wildman–Crippen MR) is 174 cm³/mol. The largest absolute Gasteiger partial charge is 0.488 e. The molecule has 5 aromatic carbocycles. The van der Waals surface area contributed by atoms with E-state index in [-0.39, 0.29) is 40.1 Å². The molecule has 5 rings (SSSR count). The van der Waals surface area contributed by atoms with Crippen LogP contribution in [0.5, 0.6) is 5.75 Å². The van der Waals surface area contributed by atoms with Gasteiger partial charge in [0.1, 0.15) is 42.6 Å². The number of thiol groups is 1. The van der Waals surface area contributed by atoms with Crippen molar-refractivity contribution >= 4 is 34.1 Å². The van der Waals surface area contributed by atoms with E-state index in [1.807, 2.05) is 0 Å². The first-order chi connectivity index (χ1) is 24.4. The molecule has 8 nitrogen and oxygen atoms in total. The second-order valence-electron chi connectivity index (χ2n) is 10.8. The molecule has 51 heavy (non-hydrogen) atoms. The normalized spacial score (nSPS) is 11.0. The standard InChI is InChI=1S/C36H26F6N2O6S/c37-25-13-11-22(12-14-25)18-43(29(45)19-44(51(47)48)35-33(41)31(39)30(38)32(40)34(35)42)26-15-16-27(36(46)50-21-24-9-5-2-6-10-24)28(17-26)49-20-23-7-3-1-4-8-23/h1-17,51H,18-21H2. The second kappa shape index (κ2) is 16.3. The van der Waals surface area contributed by atoms with Crippen LogP contribution in [0.1, 0.15) is 27.0 Å². The van der Waals surface area contributed by atoms with Crippen molar-refractivity contribution in [3.05, 3.63) is 160 Å². The van der Waals surface area contributed by atoms with Crippen molar-refractivity contribution in [1.82, 2.24) is 0 Å². The molecule has 0 N–H and O–H groups in total. The molecule has 0 spiro atoms. The van der Waals surface area contributed by atoms with Gasteiger partial charge in [0.15, 0.2) is 23.3 Å². The maximum atomic E-state index is 14.7. The zero-order chi connectivity index (χ0) is 36.7. The number of ether oxygens (including phenoxy) is 2. The van der Waals surface area contributed by atoms with Crippen molar-refractivity contribution in [1.29, 1.82) is 0 Å². The third-order valence-corrected chi connectivity index (χ3v) is 8.16. The highest BCUT2D eigenvalue weighted by Gasteiger charge is 2.33. The average Bonchev–Trinajstić information content (AvgIpc) is 3.14. The van der Waals surface area contributed by atoms with Crippen LogP contribution in [0, 0.1) is 34.9 Å². The van der Waals surface area contributed by atoms with Gasteiger partial charge >= 0.3 is 5.97 Å². The summed E-state index contributed by atoms with van der Waals surface area (Å²) in [6.45, 7) is -1.98. The molecular weight excluding hydrogens is 702 g/mol. The Labute approximate surface area is 289 Å². The number of esters is 1. The van der Waals surface area contributed by atoms with E-state index in [9.17, 15) is 44.3 Å². The first-order valence-corrected chi connectivity index (χ1v) is 16.1. The maximum absolute atomic E-state index is 14.7. The molecule has 0 aliphatic rings. The van der Waals surface area contributed by atoms with Gasteiger partial charge in [0.05, 0.1) is 6.54 Å². The second-order valence-corrected chi connectivity index (χ2v) is 11.8. The Balaban J connectivity index is 1.54. The highest BCUT2D eigenvalue weighted by Crippen LogP contribution is 2.32. The lowest BCUT2D eigenvalue weighted by Gasteiger charge is -2.27. The van der Waals surface area contributed by atoms with Gasteiger partial charge in [-0.1, -0.05) is 72.8 Å². The average molecular weight is 729 g/mol. The molecule has 0 bridgehead atoms. The van der Waals surface area contributed by atoms with Crippen LogP contribution < -0.4 is 13.9 Å². The molecule has 0 aromatic heterocycles. The highest BCUT2D eigenvalue weighted by molar-refractivity contribution is 7.74. The van der Waals surface area contributed by atoms with Gasteiger partial charge in [-0.2, -0.15) is 0 Å². The summed E-state index contributed by atoms with van der Waals surface area (Å²) in [7, 11) is -4.16. The van der Waals surface area contributed by atoms with Crippen molar-refractivity contribution in [2.24, 2.45) is 0 Å². The molecule has 5 aromatic rings. The monoisotopic (exact) mass is 728 g/mol. The van der Waals surface area contributed by atoms with Crippen LogP contribution in [0.2, 0.25) is 0 Å². The van der Waals surface area contributed by atoms with Crippen molar-refractivity contribution in [3.63, 3.8) is 0 Å². The number of hydrogen-bond acceptors (Lipinski definition) is 6. The van der Waals surface area contributed by atoms with E-state index in [0.717, 1.165) is 17.0 Å². The van der Waals surface area contributed by atoms with Gasteiger partial charge in [-0.05, 0) is 41.0 Å². The summed E-state index contributed by atoms with van der Waals surface area (Å²) in [5.74, 6) is -15.0. The predicted octanol–water partition coefficient (Wildman–Crippen LogP) is 7.02. The summed E-state index contributed by atoms with van der Waals surface area (Å²) in [6.07, 6.45) is 0. The van der Waals surface area contributed by atoms with Gasteiger partial charge < -0.3 is 14.4 Å². The Morgan fingerprint density at radius 2 is 1.18 bits per heavy atom. The summed E-state index contributed by atoms with van der Waals surface area (Å²) >= 11 is 0. The van der Waals surface area contributed by atoms with Gasteiger partial charge in [-0.25, -0.2) is 39.6 Å². The summed E-state index contributed by atoms with van der Waals surface area (Å²) in [4.78, 5) is 28.0. The lowest BCUT2D eigenvalue weighted by atomic mass is 10.1. The third-order valence-electron chi connectivity index (χ3n) is 7.43. The minimum Gasteiger partial charge on any atom is -0.488 e. The lowest BCUT2D eigenvalue weighted by molar-refractivity contribution is -0.117. The SMILES string of the molecule is O=C(OCc1ccccc1)c1ccc(N(Cc2ccc(F)cc2)C(=O)CN(c2c(F)c(F)c(F)c(F)c2F)[SH](=O)=O)cc1OCc1ccccc1. The number of halogens is 6. The van der Waals surface area contributed by atoms with Crippen LogP contribution in [-0.2, 0) is 40.2 Å². The van der Waals surface area contributed by atoms with E-state index in [1.54, 1.807) is 60.7 Å². The minimum absolute atomic E-state index is 0.0505. The van der Waals surface area contributed by atoms with Gasteiger partial charge in [0.25, 0.3) is 0 Å². The van der Waals surface area contributed by atoms with Gasteiger partial charge in [0, 0.05) is 11.8 Å². The van der Waals surface area contributed by atoms with E-state index >= 15 is 0 Å². The number of carbonyl (C=O) groups excluding carboxylic acids is 2. The summed E-state index contributed by atoms with van der Waals surface area (Å²) in [5, 5.41) is 0. The Kier molecular flexibility index (Phi) is 11.6. The molecule has 0 heterocycles. The number of anilines is 2. The zero-order valence-electron chi connectivity index (χ0n) is 26.2. The van der Waals surface area contributed by atoms with Gasteiger partial charge in [-0.15, -0.1) is 0 Å². The van der Waals surface area contributed by atoms with E-state index in [0.29, 0.717) is 11.1 Å². The third kappa shape index (κ3) is 8.67. The number of carbonyl (C=O) groups is 2. The molecule has 0 saturated heterocycles. The fraction of sp³-hybridized carbons (Fsp3) is 0.111. The topological polar surface area (TPSA) is 93.2 Å². The Morgan fingerprint density at radius 1 is 0.627 bits per heavy atom. The van der Waals surface area contributed by atoms with E-state index in [2.05, 4.69) is 0 Å². The van der Waals surface area contributed by atoms with Crippen LogP contribution in [0.25, 0.3) is 0 Å². The summed E-state index contributed by atoms with van der Waals surface area (Å²) in [6, 6.07) is 26.1.